The number of nitrogens with zero attached hydrogens (tertiary/aromatic N) is 3. The van der Waals surface area contributed by atoms with Gasteiger partial charge in [0, 0.05) is 36.2 Å². The lowest BCUT2D eigenvalue weighted by Crippen LogP contribution is -2.42. The minimum atomic E-state index is 0.0460. The molecule has 2 aliphatic rings. The van der Waals surface area contributed by atoms with E-state index in [9.17, 15) is 4.79 Å². The number of piperidine rings is 1. The summed E-state index contributed by atoms with van der Waals surface area (Å²) in [4.78, 5) is 18.9. The van der Waals surface area contributed by atoms with Gasteiger partial charge < -0.3 is 15.2 Å². The lowest BCUT2D eigenvalue weighted by Gasteiger charge is -2.30. The van der Waals surface area contributed by atoms with Crippen molar-refractivity contribution in [2.45, 2.75) is 37.6 Å². The molecule has 0 unspecified atom stereocenters. The molecule has 2 heterocycles. The molecule has 1 amide bonds. The van der Waals surface area contributed by atoms with Crippen LogP contribution in [0.15, 0.2) is 28.8 Å². The van der Waals surface area contributed by atoms with Crippen LogP contribution in [0.3, 0.4) is 0 Å². The van der Waals surface area contributed by atoms with E-state index in [2.05, 4.69) is 10.1 Å². The van der Waals surface area contributed by atoms with Crippen LogP contribution < -0.4 is 5.73 Å². The molecule has 120 valence electrons. The van der Waals surface area contributed by atoms with Gasteiger partial charge in [0.15, 0.2) is 0 Å². The van der Waals surface area contributed by atoms with E-state index in [1.807, 2.05) is 29.2 Å². The van der Waals surface area contributed by atoms with E-state index in [1.54, 1.807) is 0 Å². The lowest BCUT2D eigenvalue weighted by atomic mass is 10.0. The Hall–Kier alpha value is -2.21. The third-order valence-electron chi connectivity index (χ3n) is 4.56. The van der Waals surface area contributed by atoms with E-state index in [1.165, 1.54) is 0 Å². The van der Waals surface area contributed by atoms with Gasteiger partial charge in [-0.3, -0.25) is 4.79 Å². The molecule has 23 heavy (non-hydrogen) atoms. The van der Waals surface area contributed by atoms with E-state index in [0.29, 0.717) is 23.2 Å². The van der Waals surface area contributed by atoms with Gasteiger partial charge in [-0.2, -0.15) is 4.98 Å². The first-order valence-corrected chi connectivity index (χ1v) is 8.19. The van der Waals surface area contributed by atoms with Gasteiger partial charge in [-0.15, -0.1) is 0 Å². The summed E-state index contributed by atoms with van der Waals surface area (Å²) in [5.41, 5.74) is 7.39. The highest BCUT2D eigenvalue weighted by atomic mass is 16.5. The average molecular weight is 312 g/mol. The fraction of sp³-hybridized carbons (Fsp3) is 0.471. The van der Waals surface area contributed by atoms with Crippen molar-refractivity contribution in [2.24, 2.45) is 5.73 Å². The van der Waals surface area contributed by atoms with E-state index in [4.69, 9.17) is 10.3 Å². The first kappa shape index (κ1) is 14.4. The molecule has 1 saturated carbocycles. The number of nitrogens with two attached hydrogens (primary N) is 1. The molecule has 0 bridgehead atoms. The fourth-order valence-corrected chi connectivity index (χ4v) is 2.93. The minimum absolute atomic E-state index is 0.0460. The Morgan fingerprint density at radius 3 is 2.74 bits per heavy atom. The SMILES string of the molecule is NC1CCN(C(=O)c2cccc(-c3noc(C4CC4)n3)c2)CC1. The summed E-state index contributed by atoms with van der Waals surface area (Å²) >= 11 is 0. The normalized spacial score (nSPS) is 19.1. The molecule has 1 aliphatic carbocycles. The van der Waals surface area contributed by atoms with Crippen LogP contribution in [-0.2, 0) is 0 Å². The Kier molecular flexibility index (Phi) is 3.61. The van der Waals surface area contributed by atoms with E-state index < -0.39 is 0 Å². The number of aromatic nitrogens is 2. The maximum absolute atomic E-state index is 12.6. The van der Waals surface area contributed by atoms with Crippen LogP contribution >= 0.6 is 0 Å². The van der Waals surface area contributed by atoms with Crippen molar-refractivity contribution < 1.29 is 9.32 Å². The van der Waals surface area contributed by atoms with Crippen LogP contribution in [0.25, 0.3) is 11.4 Å². The quantitative estimate of drug-likeness (QED) is 0.939. The molecule has 2 fully saturated rings. The molecule has 1 aromatic heterocycles. The Balaban J connectivity index is 1.54. The van der Waals surface area contributed by atoms with Crippen LogP contribution in [-0.4, -0.2) is 40.1 Å². The predicted octanol–water partition coefficient (Wildman–Crippen LogP) is 2.18. The number of carbonyl (C=O) groups is 1. The van der Waals surface area contributed by atoms with Crippen LogP contribution in [0, 0.1) is 0 Å². The van der Waals surface area contributed by atoms with Crippen LogP contribution in [0.5, 0.6) is 0 Å². The molecular formula is C17H20N4O2. The highest BCUT2D eigenvalue weighted by Gasteiger charge is 2.30. The number of hydrogen-bond donors (Lipinski definition) is 1. The zero-order valence-electron chi connectivity index (χ0n) is 12.9. The Morgan fingerprint density at radius 2 is 2.00 bits per heavy atom. The fourth-order valence-electron chi connectivity index (χ4n) is 2.93. The molecule has 1 saturated heterocycles. The first-order chi connectivity index (χ1) is 11.2. The Labute approximate surface area is 134 Å². The zero-order valence-corrected chi connectivity index (χ0v) is 12.9. The van der Waals surface area contributed by atoms with Crippen molar-refractivity contribution in [3.8, 4) is 11.4 Å². The summed E-state index contributed by atoms with van der Waals surface area (Å²) < 4.78 is 5.30. The second-order valence-electron chi connectivity index (χ2n) is 6.44. The summed E-state index contributed by atoms with van der Waals surface area (Å²) in [5.74, 6) is 1.74. The number of hydrogen-bond acceptors (Lipinski definition) is 5. The largest absolute Gasteiger partial charge is 0.339 e. The van der Waals surface area contributed by atoms with Crippen molar-refractivity contribution in [1.29, 1.82) is 0 Å². The molecule has 2 aromatic rings. The molecule has 6 nitrogen and oxygen atoms in total. The molecule has 2 N–H and O–H groups in total. The number of carbonyl (C=O) groups excluding carboxylic acids is 1. The molecular weight excluding hydrogens is 292 g/mol. The van der Waals surface area contributed by atoms with Gasteiger partial charge in [0.1, 0.15) is 0 Å². The van der Waals surface area contributed by atoms with Gasteiger partial charge in [0.2, 0.25) is 11.7 Å². The Bertz CT molecular complexity index is 715. The van der Waals surface area contributed by atoms with Gasteiger partial charge in [-0.25, -0.2) is 0 Å². The first-order valence-electron chi connectivity index (χ1n) is 8.19. The lowest BCUT2D eigenvalue weighted by molar-refractivity contribution is 0.0715. The molecule has 1 aromatic carbocycles. The third-order valence-corrected chi connectivity index (χ3v) is 4.56. The molecule has 6 heteroatoms. The van der Waals surface area contributed by atoms with Crippen molar-refractivity contribution >= 4 is 5.91 Å². The van der Waals surface area contributed by atoms with E-state index in [0.717, 1.165) is 44.3 Å². The number of likely N-dealkylation sites (tertiary alicyclic amines) is 1. The minimum Gasteiger partial charge on any atom is -0.339 e. The van der Waals surface area contributed by atoms with E-state index in [-0.39, 0.29) is 11.9 Å². The summed E-state index contributed by atoms with van der Waals surface area (Å²) in [6.45, 7) is 1.44. The van der Waals surface area contributed by atoms with Crippen LogP contribution in [0.2, 0.25) is 0 Å². The van der Waals surface area contributed by atoms with Gasteiger partial charge >= 0.3 is 0 Å². The smallest absolute Gasteiger partial charge is 0.253 e. The number of amides is 1. The molecule has 4 rings (SSSR count). The highest BCUT2D eigenvalue weighted by Crippen LogP contribution is 2.39. The second kappa shape index (κ2) is 5.77. The van der Waals surface area contributed by atoms with Crippen molar-refractivity contribution in [1.82, 2.24) is 15.0 Å². The topological polar surface area (TPSA) is 85.2 Å². The van der Waals surface area contributed by atoms with Crippen molar-refractivity contribution in [2.75, 3.05) is 13.1 Å². The summed E-state index contributed by atoms with van der Waals surface area (Å²) in [6, 6.07) is 7.67. The highest BCUT2D eigenvalue weighted by molar-refractivity contribution is 5.95. The van der Waals surface area contributed by atoms with Crippen molar-refractivity contribution in [3.05, 3.63) is 35.7 Å². The number of benzene rings is 1. The maximum Gasteiger partial charge on any atom is 0.253 e. The molecule has 0 radical (unpaired) electrons. The molecule has 1 aliphatic heterocycles. The standard InChI is InChI=1S/C17H20N4O2/c18-14-6-8-21(9-7-14)17(22)13-3-1-2-12(10-13)15-19-16(23-20-15)11-4-5-11/h1-3,10-11,14H,4-9,18H2. The van der Waals surface area contributed by atoms with Crippen molar-refractivity contribution in [3.63, 3.8) is 0 Å². The van der Waals surface area contributed by atoms with Gasteiger partial charge in [0.25, 0.3) is 5.91 Å². The summed E-state index contributed by atoms with van der Waals surface area (Å²) in [7, 11) is 0. The number of rotatable bonds is 3. The predicted molar refractivity (Wildman–Crippen MR) is 84.8 cm³/mol. The average Bonchev–Trinajstić information content (AvgIpc) is 3.32. The van der Waals surface area contributed by atoms with Crippen LogP contribution in [0.4, 0.5) is 0 Å². The van der Waals surface area contributed by atoms with Gasteiger partial charge in [0.05, 0.1) is 0 Å². The third kappa shape index (κ3) is 2.99. The molecule has 0 atom stereocenters. The summed E-state index contributed by atoms with van der Waals surface area (Å²) in [5, 5.41) is 4.04. The monoisotopic (exact) mass is 312 g/mol. The van der Waals surface area contributed by atoms with E-state index >= 15 is 0 Å². The second-order valence-corrected chi connectivity index (χ2v) is 6.44. The van der Waals surface area contributed by atoms with Gasteiger partial charge in [-0.1, -0.05) is 17.3 Å². The van der Waals surface area contributed by atoms with Crippen LogP contribution in [0.1, 0.15) is 47.8 Å². The Morgan fingerprint density at radius 1 is 1.22 bits per heavy atom. The van der Waals surface area contributed by atoms with Gasteiger partial charge in [-0.05, 0) is 37.8 Å². The maximum atomic E-state index is 12.6. The molecule has 0 spiro atoms. The summed E-state index contributed by atoms with van der Waals surface area (Å²) in [6.07, 6.45) is 3.97. The zero-order chi connectivity index (χ0) is 15.8.